The predicted octanol–water partition coefficient (Wildman–Crippen LogP) is 8.08. The van der Waals surface area contributed by atoms with Gasteiger partial charge in [-0.25, -0.2) is 14.8 Å². The summed E-state index contributed by atoms with van der Waals surface area (Å²) in [6.07, 6.45) is 13.3. The monoisotopic (exact) mass is 686 g/mol. The molecular formula is C39H54N6O5. The molecule has 11 heteroatoms. The van der Waals surface area contributed by atoms with Gasteiger partial charge in [0, 0.05) is 46.6 Å². The van der Waals surface area contributed by atoms with E-state index < -0.39 is 17.1 Å². The Morgan fingerprint density at radius 2 is 1.66 bits per heavy atom. The lowest BCUT2D eigenvalue weighted by molar-refractivity contribution is -0.176. The summed E-state index contributed by atoms with van der Waals surface area (Å²) in [6, 6.07) is 8.38. The van der Waals surface area contributed by atoms with Crippen molar-refractivity contribution in [3.8, 4) is 17.1 Å². The molecule has 0 atom stereocenters. The number of hydrogen-bond donors (Lipinski definition) is 1. The molecule has 11 nitrogen and oxygen atoms in total. The van der Waals surface area contributed by atoms with Crippen LogP contribution in [0.3, 0.4) is 0 Å². The molecule has 50 heavy (non-hydrogen) atoms. The largest absolute Gasteiger partial charge is 0.464 e. The Kier molecular flexibility index (Phi) is 9.74. The van der Waals surface area contributed by atoms with E-state index in [2.05, 4.69) is 41.2 Å². The van der Waals surface area contributed by atoms with Gasteiger partial charge in [-0.1, -0.05) is 63.7 Å². The van der Waals surface area contributed by atoms with Crippen molar-refractivity contribution in [3.63, 3.8) is 0 Å². The first-order valence-electron chi connectivity index (χ1n) is 18.4. The maximum Gasteiger partial charge on any atom is 0.408 e. The highest BCUT2D eigenvalue weighted by Crippen LogP contribution is 2.68. The second-order valence-corrected chi connectivity index (χ2v) is 16.9. The molecule has 0 unspecified atom stereocenters. The Morgan fingerprint density at radius 3 is 2.28 bits per heavy atom. The van der Waals surface area contributed by atoms with Crippen molar-refractivity contribution in [2.24, 2.45) is 5.41 Å². The van der Waals surface area contributed by atoms with Crippen LogP contribution in [0.15, 0.2) is 41.2 Å². The molecule has 0 radical (unpaired) electrons. The van der Waals surface area contributed by atoms with Gasteiger partial charge in [0.05, 0.1) is 12.0 Å². The van der Waals surface area contributed by atoms with E-state index in [1.54, 1.807) is 12.4 Å². The molecule has 4 aliphatic carbocycles. The number of unbranched alkanes of at least 4 members (excludes halogenated alkanes) is 1. The summed E-state index contributed by atoms with van der Waals surface area (Å²) in [7, 11) is 0. The first kappa shape index (κ1) is 35.8. The highest BCUT2D eigenvalue weighted by Gasteiger charge is 2.73. The molecule has 0 saturated heterocycles. The molecule has 2 heterocycles. The van der Waals surface area contributed by atoms with Gasteiger partial charge in [0.15, 0.2) is 5.82 Å². The van der Waals surface area contributed by atoms with Crippen molar-refractivity contribution in [2.75, 3.05) is 18.1 Å². The van der Waals surface area contributed by atoms with E-state index >= 15 is 0 Å². The van der Waals surface area contributed by atoms with Gasteiger partial charge in [-0.3, -0.25) is 4.79 Å². The number of rotatable bonds is 12. The molecule has 1 aromatic carbocycles. The summed E-state index contributed by atoms with van der Waals surface area (Å²) in [5.74, 6) is 1.64. The number of aromatic nitrogens is 4. The molecular weight excluding hydrogens is 632 g/mol. The summed E-state index contributed by atoms with van der Waals surface area (Å²) in [5, 5.41) is 7.43. The number of carbonyl (C=O) groups excluding carboxylic acids is 2. The van der Waals surface area contributed by atoms with Crippen LogP contribution in [0, 0.1) is 5.41 Å². The molecule has 4 aliphatic rings. The third-order valence-electron chi connectivity index (χ3n) is 10.5. The van der Waals surface area contributed by atoms with Crippen LogP contribution in [-0.2, 0) is 20.4 Å². The fourth-order valence-electron chi connectivity index (χ4n) is 8.10. The van der Waals surface area contributed by atoms with E-state index in [0.29, 0.717) is 38.4 Å². The number of hydrogen-bond acceptors (Lipinski definition) is 9. The van der Waals surface area contributed by atoms with Gasteiger partial charge in [0.2, 0.25) is 11.8 Å². The standard InChI is InChI=1S/C39H54N6O5/c1-8-48-33-40-22-28(23-41-33)27-15-14-16-29(21-27)45(32(46)38-24-39(25-38,26-38)43-34(47)49-36(5,6)7)20-13-12-19-37(17-10-9-11-18-37)31-42-30(44-50-31)35(2,3)4/h14-16,21-23H,8-13,17-20,24-26H2,1-7H3,(H,43,47). The summed E-state index contributed by atoms with van der Waals surface area (Å²) in [6.45, 7) is 14.9. The molecule has 270 valence electrons. The van der Waals surface area contributed by atoms with Crippen molar-refractivity contribution in [1.29, 1.82) is 0 Å². The van der Waals surface area contributed by atoms with Crippen LogP contribution in [0.2, 0.25) is 0 Å². The molecule has 0 aliphatic heterocycles. The lowest BCUT2D eigenvalue weighted by Crippen LogP contribution is -2.78. The number of amides is 2. The number of alkyl carbamates (subject to hydrolysis) is 1. The summed E-state index contributed by atoms with van der Waals surface area (Å²) in [5.41, 5.74) is 0.904. The van der Waals surface area contributed by atoms with Gasteiger partial charge in [-0.05, 0) is 90.3 Å². The van der Waals surface area contributed by atoms with Crippen LogP contribution < -0.4 is 15.0 Å². The van der Waals surface area contributed by atoms with Gasteiger partial charge >= 0.3 is 12.1 Å². The Balaban J connectivity index is 1.18. The zero-order chi connectivity index (χ0) is 35.8. The van der Waals surface area contributed by atoms with Gasteiger partial charge in [-0.15, -0.1) is 0 Å². The first-order valence-corrected chi connectivity index (χ1v) is 18.4. The molecule has 4 fully saturated rings. The minimum absolute atomic E-state index is 0.115. The van der Waals surface area contributed by atoms with E-state index in [-0.39, 0.29) is 22.3 Å². The number of benzene rings is 1. The molecule has 7 rings (SSSR count). The SMILES string of the molecule is CCOc1ncc(-c2cccc(N(CCCCC3(c4nc(C(C)(C)C)no4)CCCCC3)C(=O)C34CC(NC(=O)OC(C)(C)C)(C3)C4)c2)cn1. The third kappa shape index (κ3) is 7.51. The fourth-order valence-corrected chi connectivity index (χ4v) is 8.10. The summed E-state index contributed by atoms with van der Waals surface area (Å²) in [4.78, 5) is 42.7. The summed E-state index contributed by atoms with van der Waals surface area (Å²) < 4.78 is 16.9. The van der Waals surface area contributed by atoms with Crippen molar-refractivity contribution in [3.05, 3.63) is 48.4 Å². The highest BCUT2D eigenvalue weighted by molar-refractivity contribution is 6.01. The molecule has 4 saturated carbocycles. The quantitative estimate of drug-likeness (QED) is 0.188. The van der Waals surface area contributed by atoms with Gasteiger partial charge in [0.1, 0.15) is 5.60 Å². The highest BCUT2D eigenvalue weighted by atomic mass is 16.6. The normalized spacial score (nSPS) is 22.5. The van der Waals surface area contributed by atoms with Gasteiger partial charge in [-0.2, -0.15) is 4.98 Å². The predicted molar refractivity (Wildman–Crippen MR) is 191 cm³/mol. The van der Waals surface area contributed by atoms with E-state index in [9.17, 15) is 9.59 Å². The Hall–Kier alpha value is -4.02. The topological polar surface area (TPSA) is 133 Å². The first-order chi connectivity index (χ1) is 23.6. The molecule has 2 bridgehead atoms. The number of nitrogens with zero attached hydrogens (tertiary/aromatic N) is 5. The van der Waals surface area contributed by atoms with Crippen molar-refractivity contribution in [1.82, 2.24) is 25.4 Å². The van der Waals surface area contributed by atoms with Crippen LogP contribution in [0.25, 0.3) is 11.1 Å². The van der Waals surface area contributed by atoms with Crippen molar-refractivity contribution < 1.29 is 23.6 Å². The van der Waals surface area contributed by atoms with Crippen LogP contribution in [0.5, 0.6) is 6.01 Å². The Labute approximate surface area is 296 Å². The number of anilines is 1. The third-order valence-corrected chi connectivity index (χ3v) is 10.5. The Bertz CT molecular complexity index is 1640. The smallest absolute Gasteiger partial charge is 0.408 e. The fraction of sp³-hybridized carbons (Fsp3) is 0.641. The number of carbonyl (C=O) groups is 2. The van der Waals surface area contributed by atoms with Crippen LogP contribution in [0.1, 0.15) is 131 Å². The summed E-state index contributed by atoms with van der Waals surface area (Å²) >= 11 is 0. The van der Waals surface area contributed by atoms with E-state index in [1.807, 2.05) is 56.9 Å². The van der Waals surface area contributed by atoms with E-state index in [4.69, 9.17) is 19.0 Å². The number of ether oxygens (including phenoxy) is 2. The van der Waals surface area contributed by atoms with Crippen molar-refractivity contribution in [2.45, 2.75) is 141 Å². The zero-order valence-corrected chi connectivity index (χ0v) is 30.9. The van der Waals surface area contributed by atoms with Crippen LogP contribution in [-0.4, -0.2) is 56.4 Å². The van der Waals surface area contributed by atoms with E-state index in [0.717, 1.165) is 73.5 Å². The molecule has 0 spiro atoms. The average molecular weight is 687 g/mol. The second kappa shape index (κ2) is 13.6. The maximum absolute atomic E-state index is 14.5. The average Bonchev–Trinajstić information content (AvgIpc) is 3.55. The second-order valence-electron chi connectivity index (χ2n) is 16.9. The molecule has 1 N–H and O–H groups in total. The lowest BCUT2D eigenvalue weighted by atomic mass is 9.39. The zero-order valence-electron chi connectivity index (χ0n) is 30.9. The van der Waals surface area contributed by atoms with Gasteiger partial charge < -0.3 is 24.2 Å². The maximum atomic E-state index is 14.5. The molecule has 2 aromatic heterocycles. The van der Waals surface area contributed by atoms with Gasteiger partial charge in [0.25, 0.3) is 0 Å². The lowest BCUT2D eigenvalue weighted by Gasteiger charge is -2.69. The number of nitrogens with one attached hydrogen (secondary N) is 1. The van der Waals surface area contributed by atoms with Crippen molar-refractivity contribution >= 4 is 17.7 Å². The molecule has 3 aromatic rings. The van der Waals surface area contributed by atoms with E-state index in [1.165, 1.54) is 6.42 Å². The molecule has 2 amide bonds. The minimum atomic E-state index is -0.577. The Morgan fingerprint density at radius 1 is 0.960 bits per heavy atom. The minimum Gasteiger partial charge on any atom is -0.464 e. The van der Waals surface area contributed by atoms with Crippen LogP contribution in [0.4, 0.5) is 10.5 Å². The van der Waals surface area contributed by atoms with Crippen LogP contribution >= 0.6 is 0 Å².